The first-order valence-corrected chi connectivity index (χ1v) is 6.85. The fourth-order valence-corrected chi connectivity index (χ4v) is 2.39. The molecule has 0 spiro atoms. The number of nitrogens with zero attached hydrogens (tertiary/aromatic N) is 4. The minimum absolute atomic E-state index is 0.0601. The topological polar surface area (TPSA) is 88.1 Å². The van der Waals surface area contributed by atoms with Gasteiger partial charge in [0.15, 0.2) is 11.5 Å². The molecule has 20 heavy (non-hydrogen) atoms. The summed E-state index contributed by atoms with van der Waals surface area (Å²) < 4.78 is 13.5. The predicted octanol–water partition coefficient (Wildman–Crippen LogP) is 1.51. The van der Waals surface area contributed by atoms with E-state index >= 15 is 0 Å². The Labute approximate surface area is 117 Å². The van der Waals surface area contributed by atoms with Gasteiger partial charge in [0.1, 0.15) is 18.1 Å². The highest BCUT2D eigenvalue weighted by Crippen LogP contribution is 2.31. The van der Waals surface area contributed by atoms with E-state index in [1.165, 1.54) is 6.33 Å². The van der Waals surface area contributed by atoms with Crippen LogP contribution in [0.5, 0.6) is 0 Å². The third kappa shape index (κ3) is 2.46. The van der Waals surface area contributed by atoms with Gasteiger partial charge in [-0.15, -0.1) is 0 Å². The molecule has 0 unspecified atom stereocenters. The highest BCUT2D eigenvalue weighted by molar-refractivity contribution is 5.81. The lowest BCUT2D eigenvalue weighted by Crippen LogP contribution is -2.19. The minimum Gasteiger partial charge on any atom is -0.382 e. The summed E-state index contributed by atoms with van der Waals surface area (Å²) in [7, 11) is 0. The van der Waals surface area contributed by atoms with Crippen molar-refractivity contribution in [2.75, 3.05) is 12.3 Å². The van der Waals surface area contributed by atoms with Gasteiger partial charge in [-0.3, -0.25) is 4.57 Å². The van der Waals surface area contributed by atoms with Crippen LogP contribution in [0.3, 0.4) is 0 Å². The lowest BCUT2D eigenvalue weighted by molar-refractivity contribution is -0.0526. The average molecular weight is 277 g/mol. The number of nitrogen functional groups attached to an aromatic ring is 1. The fourth-order valence-electron chi connectivity index (χ4n) is 2.39. The van der Waals surface area contributed by atoms with Gasteiger partial charge in [0.25, 0.3) is 0 Å². The lowest BCUT2D eigenvalue weighted by atomic mass is 10.2. The summed E-state index contributed by atoms with van der Waals surface area (Å²) in [6, 6.07) is 0. The van der Waals surface area contributed by atoms with Crippen molar-refractivity contribution in [2.45, 2.75) is 45.1 Å². The first kappa shape index (κ1) is 13.3. The summed E-state index contributed by atoms with van der Waals surface area (Å²) in [6.07, 6.45) is 5.34. The van der Waals surface area contributed by atoms with E-state index in [1.54, 1.807) is 6.33 Å². The number of hydrogen-bond donors (Lipinski definition) is 1. The van der Waals surface area contributed by atoms with Gasteiger partial charge in [-0.25, -0.2) is 15.0 Å². The van der Waals surface area contributed by atoms with E-state index in [9.17, 15) is 0 Å². The number of nitrogens with two attached hydrogens (primary N) is 1. The fraction of sp³-hybridized carbons (Fsp3) is 0.615. The number of rotatable bonds is 4. The van der Waals surface area contributed by atoms with Gasteiger partial charge in [0.05, 0.1) is 25.1 Å². The van der Waals surface area contributed by atoms with Crippen LogP contribution in [-0.2, 0) is 9.47 Å². The van der Waals surface area contributed by atoms with Gasteiger partial charge in [-0.2, -0.15) is 0 Å². The Bertz CT molecular complexity index is 597. The Morgan fingerprint density at radius 1 is 1.40 bits per heavy atom. The van der Waals surface area contributed by atoms with Crippen LogP contribution >= 0.6 is 0 Å². The first-order valence-electron chi connectivity index (χ1n) is 6.85. The molecule has 0 aromatic carbocycles. The van der Waals surface area contributed by atoms with Crippen molar-refractivity contribution in [3.63, 3.8) is 0 Å². The van der Waals surface area contributed by atoms with E-state index in [1.807, 2.05) is 18.4 Å². The van der Waals surface area contributed by atoms with Crippen molar-refractivity contribution in [2.24, 2.45) is 0 Å². The van der Waals surface area contributed by atoms with Crippen molar-refractivity contribution < 1.29 is 9.47 Å². The summed E-state index contributed by atoms with van der Waals surface area (Å²) in [4.78, 5) is 12.4. The van der Waals surface area contributed by atoms with Gasteiger partial charge in [-0.05, 0) is 26.7 Å². The molecule has 7 heteroatoms. The molecule has 3 rings (SSSR count). The van der Waals surface area contributed by atoms with Crippen LogP contribution < -0.4 is 5.73 Å². The van der Waals surface area contributed by atoms with Crippen molar-refractivity contribution in [1.29, 1.82) is 0 Å². The van der Waals surface area contributed by atoms with Crippen molar-refractivity contribution >= 4 is 17.0 Å². The molecular weight excluding hydrogens is 258 g/mol. The monoisotopic (exact) mass is 277 g/mol. The zero-order valence-corrected chi connectivity index (χ0v) is 11.7. The van der Waals surface area contributed by atoms with Crippen LogP contribution in [0, 0.1) is 0 Å². The zero-order valence-electron chi connectivity index (χ0n) is 11.7. The molecule has 1 aliphatic rings. The van der Waals surface area contributed by atoms with E-state index in [2.05, 4.69) is 15.0 Å². The summed E-state index contributed by atoms with van der Waals surface area (Å²) >= 11 is 0. The maximum absolute atomic E-state index is 6.00. The molecule has 2 N–H and O–H groups in total. The summed E-state index contributed by atoms with van der Waals surface area (Å²) in [5, 5.41) is 0. The van der Waals surface area contributed by atoms with Crippen molar-refractivity contribution in [3.8, 4) is 0 Å². The lowest BCUT2D eigenvalue weighted by Gasteiger charge is -2.16. The molecule has 0 radical (unpaired) electrons. The second-order valence-corrected chi connectivity index (χ2v) is 5.26. The van der Waals surface area contributed by atoms with Crippen LogP contribution in [0.4, 0.5) is 5.82 Å². The third-order valence-corrected chi connectivity index (χ3v) is 3.40. The summed E-state index contributed by atoms with van der Waals surface area (Å²) in [5.74, 6) is 0.395. The highest BCUT2D eigenvalue weighted by atomic mass is 16.6. The minimum atomic E-state index is -0.0601. The molecule has 0 aliphatic carbocycles. The average Bonchev–Trinajstić information content (AvgIpc) is 3.02. The first-order chi connectivity index (χ1) is 9.65. The Balaban J connectivity index is 1.75. The Hall–Kier alpha value is -1.73. The predicted molar refractivity (Wildman–Crippen MR) is 74.0 cm³/mol. The van der Waals surface area contributed by atoms with E-state index in [-0.39, 0.29) is 18.4 Å². The number of fused-ring (bicyclic) bond motifs is 1. The molecule has 0 bridgehead atoms. The standard InChI is InChI=1S/C13H19N5O2/c1-8(2)19-5-9-3-4-10(20-9)18-7-17-11-12(14)15-6-16-13(11)18/h6-10H,3-5H2,1-2H3,(H2,14,15,16)/t9-,10-/m0/s1. The molecule has 0 saturated carbocycles. The Morgan fingerprint density at radius 2 is 2.25 bits per heavy atom. The number of ether oxygens (including phenoxy) is 2. The van der Waals surface area contributed by atoms with E-state index in [0.717, 1.165) is 12.8 Å². The second-order valence-electron chi connectivity index (χ2n) is 5.26. The number of aromatic nitrogens is 4. The molecule has 7 nitrogen and oxygen atoms in total. The van der Waals surface area contributed by atoms with E-state index in [0.29, 0.717) is 23.6 Å². The molecule has 3 heterocycles. The highest BCUT2D eigenvalue weighted by Gasteiger charge is 2.28. The van der Waals surface area contributed by atoms with Gasteiger partial charge in [-0.1, -0.05) is 0 Å². The normalized spacial score (nSPS) is 22.9. The molecule has 0 amide bonds. The molecule has 2 aromatic heterocycles. The van der Waals surface area contributed by atoms with Crippen molar-refractivity contribution in [1.82, 2.24) is 19.5 Å². The SMILES string of the molecule is CC(C)OC[C@@H]1CC[C@@H](n2cnc3c(N)ncnc32)O1. The van der Waals surface area contributed by atoms with Crippen LogP contribution in [0.15, 0.2) is 12.7 Å². The van der Waals surface area contributed by atoms with Crippen molar-refractivity contribution in [3.05, 3.63) is 12.7 Å². The molecule has 1 aliphatic heterocycles. The van der Waals surface area contributed by atoms with E-state index in [4.69, 9.17) is 15.2 Å². The summed E-state index contributed by atoms with van der Waals surface area (Å²) in [5.41, 5.74) is 7.13. The van der Waals surface area contributed by atoms with Crippen LogP contribution in [-0.4, -0.2) is 38.3 Å². The van der Waals surface area contributed by atoms with Crippen LogP contribution in [0.1, 0.15) is 32.9 Å². The zero-order chi connectivity index (χ0) is 14.1. The molecule has 1 fully saturated rings. The molecule has 2 aromatic rings. The third-order valence-electron chi connectivity index (χ3n) is 3.40. The molecular formula is C13H19N5O2. The Kier molecular flexibility index (Phi) is 3.54. The number of imidazole rings is 1. The smallest absolute Gasteiger partial charge is 0.167 e. The van der Waals surface area contributed by atoms with Gasteiger partial charge >= 0.3 is 0 Å². The maximum atomic E-state index is 6.00. The van der Waals surface area contributed by atoms with Gasteiger partial charge in [0, 0.05) is 0 Å². The van der Waals surface area contributed by atoms with Gasteiger partial charge < -0.3 is 15.2 Å². The number of hydrogen-bond acceptors (Lipinski definition) is 6. The van der Waals surface area contributed by atoms with Gasteiger partial charge in [0.2, 0.25) is 0 Å². The van der Waals surface area contributed by atoms with Crippen LogP contribution in [0.25, 0.3) is 11.2 Å². The quantitative estimate of drug-likeness (QED) is 0.911. The molecule has 2 atom stereocenters. The summed E-state index contributed by atoms with van der Waals surface area (Å²) in [6.45, 7) is 4.67. The second kappa shape index (κ2) is 5.34. The molecule has 1 saturated heterocycles. The molecule has 108 valence electrons. The Morgan fingerprint density at radius 3 is 3.05 bits per heavy atom. The van der Waals surface area contributed by atoms with Crippen LogP contribution in [0.2, 0.25) is 0 Å². The largest absolute Gasteiger partial charge is 0.382 e. The van der Waals surface area contributed by atoms with E-state index < -0.39 is 0 Å². The maximum Gasteiger partial charge on any atom is 0.167 e. The number of anilines is 1.